The van der Waals surface area contributed by atoms with Gasteiger partial charge in [-0.05, 0) is 38.5 Å². The molecule has 0 saturated heterocycles. The van der Waals surface area contributed by atoms with Crippen molar-refractivity contribution in [1.29, 1.82) is 0 Å². The summed E-state index contributed by atoms with van der Waals surface area (Å²) >= 11 is 0. The Labute approximate surface area is 115 Å². The third-order valence-electron chi connectivity index (χ3n) is 3.94. The van der Waals surface area contributed by atoms with E-state index < -0.39 is 10.0 Å². The average Bonchev–Trinajstić information content (AvgIpc) is 2.67. The third kappa shape index (κ3) is 3.36. The minimum absolute atomic E-state index is 0.302. The molecule has 1 aromatic rings. The highest BCUT2D eigenvalue weighted by atomic mass is 32.2. The number of hydrogen-bond acceptors (Lipinski definition) is 3. The third-order valence-corrected chi connectivity index (χ3v) is 5.62. The van der Waals surface area contributed by atoms with Gasteiger partial charge in [0.1, 0.15) is 4.90 Å². The maximum Gasteiger partial charge on any atom is 0.244 e. The summed E-state index contributed by atoms with van der Waals surface area (Å²) in [7, 11) is -3.44. The molecule has 2 N–H and O–H groups in total. The van der Waals surface area contributed by atoms with Crippen LogP contribution in [0.2, 0.25) is 0 Å². The summed E-state index contributed by atoms with van der Waals surface area (Å²) in [6.45, 7) is 6.22. The SMILES string of the molecule is Cc1n[nH]c(C)c1S(=O)(=O)NCC1CCCC(C)C1. The zero-order valence-electron chi connectivity index (χ0n) is 11.9. The highest BCUT2D eigenvalue weighted by Crippen LogP contribution is 2.28. The summed E-state index contributed by atoms with van der Waals surface area (Å²) in [5, 5.41) is 6.66. The van der Waals surface area contributed by atoms with Crippen molar-refractivity contribution in [3.63, 3.8) is 0 Å². The van der Waals surface area contributed by atoms with E-state index in [0.29, 0.717) is 34.7 Å². The van der Waals surface area contributed by atoms with Crippen LogP contribution >= 0.6 is 0 Å². The lowest BCUT2D eigenvalue weighted by Crippen LogP contribution is -2.32. The fourth-order valence-electron chi connectivity index (χ4n) is 2.98. The molecule has 0 spiro atoms. The van der Waals surface area contributed by atoms with Crippen LogP contribution in [0.1, 0.15) is 44.0 Å². The van der Waals surface area contributed by atoms with Crippen LogP contribution in [0.5, 0.6) is 0 Å². The minimum Gasteiger partial charge on any atom is -0.281 e. The smallest absolute Gasteiger partial charge is 0.244 e. The molecule has 0 amide bonds. The molecule has 108 valence electrons. The molecule has 2 rings (SSSR count). The Hall–Kier alpha value is -0.880. The summed E-state index contributed by atoms with van der Waals surface area (Å²) in [4.78, 5) is 0.302. The standard InChI is InChI=1S/C13H23N3O2S/c1-9-5-4-6-12(7-9)8-14-19(17,18)13-10(2)15-16-11(13)3/h9,12,14H,4-8H2,1-3H3,(H,15,16). The molecule has 1 aliphatic rings. The first-order valence-electron chi connectivity index (χ1n) is 6.91. The van der Waals surface area contributed by atoms with Gasteiger partial charge in [0.2, 0.25) is 10.0 Å². The van der Waals surface area contributed by atoms with Gasteiger partial charge in [-0.15, -0.1) is 0 Å². The summed E-state index contributed by atoms with van der Waals surface area (Å²) in [5.41, 5.74) is 1.13. The van der Waals surface area contributed by atoms with Gasteiger partial charge in [-0.3, -0.25) is 5.10 Å². The molecule has 1 aromatic heterocycles. The van der Waals surface area contributed by atoms with Gasteiger partial charge in [-0.1, -0.05) is 19.8 Å². The van der Waals surface area contributed by atoms with Crippen LogP contribution in [0.4, 0.5) is 0 Å². The Bertz CT molecular complexity index is 517. The van der Waals surface area contributed by atoms with Crippen molar-refractivity contribution in [2.45, 2.75) is 51.3 Å². The minimum atomic E-state index is -3.44. The monoisotopic (exact) mass is 285 g/mol. The van der Waals surface area contributed by atoms with Crippen molar-refractivity contribution >= 4 is 10.0 Å². The van der Waals surface area contributed by atoms with Crippen molar-refractivity contribution in [3.8, 4) is 0 Å². The summed E-state index contributed by atoms with van der Waals surface area (Å²) in [5.74, 6) is 1.17. The lowest BCUT2D eigenvalue weighted by atomic mass is 9.83. The number of H-pyrrole nitrogens is 1. The molecule has 2 unspecified atom stereocenters. The molecular weight excluding hydrogens is 262 g/mol. The van der Waals surface area contributed by atoms with Gasteiger partial charge in [-0.25, -0.2) is 13.1 Å². The fraction of sp³-hybridized carbons (Fsp3) is 0.769. The number of sulfonamides is 1. The number of nitrogens with one attached hydrogen (secondary N) is 2. The number of aryl methyl sites for hydroxylation is 2. The molecule has 0 aliphatic heterocycles. The first-order chi connectivity index (χ1) is 8.90. The van der Waals surface area contributed by atoms with E-state index in [9.17, 15) is 8.42 Å². The predicted octanol–water partition coefficient (Wildman–Crippen LogP) is 2.13. The maximum absolute atomic E-state index is 12.3. The van der Waals surface area contributed by atoms with Gasteiger partial charge in [0.05, 0.1) is 11.4 Å². The van der Waals surface area contributed by atoms with Crippen molar-refractivity contribution < 1.29 is 8.42 Å². The first-order valence-corrected chi connectivity index (χ1v) is 8.39. The quantitative estimate of drug-likeness (QED) is 0.890. The van der Waals surface area contributed by atoms with Gasteiger partial charge in [0.25, 0.3) is 0 Å². The van der Waals surface area contributed by atoms with E-state index in [4.69, 9.17) is 0 Å². The highest BCUT2D eigenvalue weighted by molar-refractivity contribution is 7.89. The van der Waals surface area contributed by atoms with Crippen molar-refractivity contribution in [3.05, 3.63) is 11.4 Å². The Morgan fingerprint density at radius 2 is 2.11 bits per heavy atom. The second-order valence-corrected chi connectivity index (χ2v) is 7.46. The molecule has 0 bridgehead atoms. The molecule has 19 heavy (non-hydrogen) atoms. The Morgan fingerprint density at radius 1 is 1.37 bits per heavy atom. The molecule has 1 aliphatic carbocycles. The molecule has 1 heterocycles. The van der Waals surface area contributed by atoms with Crippen LogP contribution in [-0.4, -0.2) is 25.2 Å². The van der Waals surface area contributed by atoms with Gasteiger partial charge >= 0.3 is 0 Å². The second kappa shape index (κ2) is 5.63. The van der Waals surface area contributed by atoms with Gasteiger partial charge in [0.15, 0.2) is 0 Å². The first kappa shape index (κ1) is 14.5. The number of aromatic amines is 1. The van der Waals surface area contributed by atoms with E-state index in [-0.39, 0.29) is 0 Å². The Morgan fingerprint density at radius 3 is 2.68 bits per heavy atom. The molecule has 1 saturated carbocycles. The van der Waals surface area contributed by atoms with Crippen LogP contribution in [0.25, 0.3) is 0 Å². The van der Waals surface area contributed by atoms with E-state index in [1.807, 2.05) is 0 Å². The van der Waals surface area contributed by atoms with E-state index in [1.165, 1.54) is 12.8 Å². The molecular formula is C13H23N3O2S. The Kier molecular flexibility index (Phi) is 4.30. The lowest BCUT2D eigenvalue weighted by molar-refractivity contribution is 0.283. The van der Waals surface area contributed by atoms with Gasteiger partial charge in [-0.2, -0.15) is 5.10 Å². The van der Waals surface area contributed by atoms with E-state index in [2.05, 4.69) is 21.8 Å². The van der Waals surface area contributed by atoms with Crippen molar-refractivity contribution in [1.82, 2.24) is 14.9 Å². The van der Waals surface area contributed by atoms with Gasteiger partial charge in [0, 0.05) is 6.54 Å². The van der Waals surface area contributed by atoms with E-state index >= 15 is 0 Å². The average molecular weight is 285 g/mol. The number of aromatic nitrogens is 2. The molecule has 2 atom stereocenters. The van der Waals surface area contributed by atoms with Crippen LogP contribution in [0, 0.1) is 25.7 Å². The predicted molar refractivity (Wildman–Crippen MR) is 74.4 cm³/mol. The van der Waals surface area contributed by atoms with Crippen molar-refractivity contribution in [2.75, 3.05) is 6.54 Å². The number of hydrogen-bond donors (Lipinski definition) is 2. The fourth-order valence-corrected chi connectivity index (χ4v) is 4.46. The summed E-state index contributed by atoms with van der Waals surface area (Å²) in [6, 6.07) is 0. The largest absolute Gasteiger partial charge is 0.281 e. The zero-order valence-corrected chi connectivity index (χ0v) is 12.7. The topological polar surface area (TPSA) is 74.8 Å². The van der Waals surface area contributed by atoms with Crippen LogP contribution in [-0.2, 0) is 10.0 Å². The Balaban J connectivity index is 2.02. The van der Waals surface area contributed by atoms with E-state index in [0.717, 1.165) is 12.8 Å². The van der Waals surface area contributed by atoms with E-state index in [1.54, 1.807) is 13.8 Å². The molecule has 0 aromatic carbocycles. The number of nitrogens with zero attached hydrogens (tertiary/aromatic N) is 1. The van der Waals surface area contributed by atoms with Crippen molar-refractivity contribution in [2.24, 2.45) is 11.8 Å². The molecule has 1 fully saturated rings. The zero-order chi connectivity index (χ0) is 14.0. The van der Waals surface area contributed by atoms with Crippen LogP contribution in [0.3, 0.4) is 0 Å². The molecule has 0 radical (unpaired) electrons. The molecule has 6 heteroatoms. The van der Waals surface area contributed by atoms with Crippen LogP contribution in [0.15, 0.2) is 4.90 Å². The number of rotatable bonds is 4. The maximum atomic E-state index is 12.3. The summed E-state index contributed by atoms with van der Waals surface area (Å²) < 4.78 is 27.3. The molecule has 5 nitrogen and oxygen atoms in total. The lowest BCUT2D eigenvalue weighted by Gasteiger charge is -2.26. The van der Waals surface area contributed by atoms with Crippen LogP contribution < -0.4 is 4.72 Å². The highest BCUT2D eigenvalue weighted by Gasteiger charge is 2.25. The second-order valence-electron chi connectivity index (χ2n) is 5.75. The normalized spacial score (nSPS) is 24.6. The summed E-state index contributed by atoms with van der Waals surface area (Å²) in [6.07, 6.45) is 4.71. The van der Waals surface area contributed by atoms with Gasteiger partial charge < -0.3 is 0 Å².